The number of carbonyl (C=O) groups is 2. The molecule has 0 aromatic carbocycles. The molecule has 7 heteroatoms. The van der Waals surface area contributed by atoms with Crippen molar-refractivity contribution in [3.8, 4) is 0 Å². The van der Waals surface area contributed by atoms with E-state index in [2.05, 4.69) is 15.2 Å². The third-order valence-corrected chi connectivity index (χ3v) is 3.66. The normalized spacial score (nSPS) is 26.3. The topological polar surface area (TPSA) is 99.2 Å². The Bertz CT molecular complexity index is 460. The Balaban J connectivity index is 2.03. The summed E-state index contributed by atoms with van der Waals surface area (Å²) in [4.78, 5) is 29.0. The molecule has 0 spiro atoms. The molecule has 0 aliphatic heterocycles. The molecule has 1 amide bonds. The van der Waals surface area contributed by atoms with Gasteiger partial charge in [-0.3, -0.25) is 14.7 Å². The van der Waals surface area contributed by atoms with Gasteiger partial charge in [0.2, 0.25) is 5.91 Å². The van der Waals surface area contributed by atoms with Crippen molar-refractivity contribution in [3.05, 3.63) is 12.2 Å². The van der Waals surface area contributed by atoms with E-state index in [1.54, 1.807) is 7.05 Å². The molecule has 1 fully saturated rings. The van der Waals surface area contributed by atoms with E-state index < -0.39 is 17.8 Å². The maximum atomic E-state index is 12.3. The summed E-state index contributed by atoms with van der Waals surface area (Å²) in [5.41, 5.74) is 0. The average Bonchev–Trinajstić information content (AvgIpc) is 2.97. The van der Waals surface area contributed by atoms with Gasteiger partial charge < -0.3 is 10.0 Å². The Kier molecular flexibility index (Phi) is 3.82. The number of carboxylic acids is 1. The third-order valence-electron chi connectivity index (χ3n) is 3.66. The molecule has 1 aliphatic rings. The van der Waals surface area contributed by atoms with Crippen LogP contribution in [0.1, 0.15) is 25.6 Å². The number of aromatic nitrogens is 3. The highest BCUT2D eigenvalue weighted by atomic mass is 16.4. The van der Waals surface area contributed by atoms with Crippen LogP contribution in [0.15, 0.2) is 6.33 Å². The number of aliphatic carboxylic acids is 1. The van der Waals surface area contributed by atoms with Gasteiger partial charge >= 0.3 is 5.97 Å². The van der Waals surface area contributed by atoms with Gasteiger partial charge in [0.25, 0.3) is 0 Å². The molecule has 1 aromatic rings. The highest BCUT2D eigenvalue weighted by Crippen LogP contribution is 2.37. The van der Waals surface area contributed by atoms with Gasteiger partial charge in [0, 0.05) is 7.05 Å². The van der Waals surface area contributed by atoms with Gasteiger partial charge in [0.15, 0.2) is 0 Å². The van der Waals surface area contributed by atoms with Crippen LogP contribution in [-0.4, -0.2) is 44.1 Å². The molecule has 7 nitrogen and oxygen atoms in total. The summed E-state index contributed by atoms with van der Waals surface area (Å²) in [6.45, 7) is 2.30. The van der Waals surface area contributed by atoms with E-state index in [1.165, 1.54) is 11.2 Å². The van der Waals surface area contributed by atoms with Gasteiger partial charge in [-0.2, -0.15) is 5.10 Å². The van der Waals surface area contributed by atoms with Crippen molar-refractivity contribution in [2.24, 2.45) is 17.8 Å². The summed E-state index contributed by atoms with van der Waals surface area (Å²) in [7, 11) is 1.66. The minimum atomic E-state index is -0.879. The Labute approximate surface area is 111 Å². The number of aromatic amines is 1. The van der Waals surface area contributed by atoms with Gasteiger partial charge in [0.1, 0.15) is 12.2 Å². The first-order chi connectivity index (χ1) is 8.99. The van der Waals surface area contributed by atoms with E-state index >= 15 is 0 Å². The summed E-state index contributed by atoms with van der Waals surface area (Å²) in [5, 5.41) is 15.6. The number of amides is 1. The predicted molar refractivity (Wildman–Crippen MR) is 65.9 cm³/mol. The number of hydrogen-bond acceptors (Lipinski definition) is 4. The first-order valence-corrected chi connectivity index (χ1v) is 6.31. The highest BCUT2D eigenvalue weighted by molar-refractivity contribution is 5.85. The smallest absolute Gasteiger partial charge is 0.307 e. The lowest BCUT2D eigenvalue weighted by molar-refractivity contribution is -0.148. The van der Waals surface area contributed by atoms with Crippen LogP contribution in [0, 0.1) is 17.8 Å². The van der Waals surface area contributed by atoms with Gasteiger partial charge in [-0.15, -0.1) is 0 Å². The van der Waals surface area contributed by atoms with Crippen LogP contribution >= 0.6 is 0 Å². The fourth-order valence-corrected chi connectivity index (χ4v) is 2.73. The zero-order valence-corrected chi connectivity index (χ0v) is 11.0. The number of carbonyl (C=O) groups excluding carboxylic acids is 1. The molecule has 2 N–H and O–H groups in total. The minimum absolute atomic E-state index is 0.131. The van der Waals surface area contributed by atoms with E-state index in [1.807, 2.05) is 6.92 Å². The maximum absolute atomic E-state index is 12.3. The van der Waals surface area contributed by atoms with Crippen LogP contribution in [-0.2, 0) is 16.1 Å². The number of carboxylic acid groups (broad SMARTS) is 1. The van der Waals surface area contributed by atoms with Crippen LogP contribution in [0.5, 0.6) is 0 Å². The molecule has 1 aromatic heterocycles. The van der Waals surface area contributed by atoms with Gasteiger partial charge in [0.05, 0.1) is 18.4 Å². The molecule has 0 radical (unpaired) electrons. The molecule has 3 atom stereocenters. The molecule has 104 valence electrons. The van der Waals surface area contributed by atoms with Crippen molar-refractivity contribution in [1.29, 1.82) is 0 Å². The Hall–Kier alpha value is -1.92. The quantitative estimate of drug-likeness (QED) is 0.827. The molecule has 3 unspecified atom stereocenters. The van der Waals surface area contributed by atoms with E-state index in [4.69, 9.17) is 0 Å². The van der Waals surface area contributed by atoms with Crippen molar-refractivity contribution < 1.29 is 14.7 Å². The van der Waals surface area contributed by atoms with E-state index in [0.29, 0.717) is 25.2 Å². The lowest BCUT2D eigenvalue weighted by atomic mass is 9.95. The second kappa shape index (κ2) is 5.38. The maximum Gasteiger partial charge on any atom is 0.307 e. The van der Waals surface area contributed by atoms with Crippen LogP contribution in [0.3, 0.4) is 0 Å². The van der Waals surface area contributed by atoms with Crippen molar-refractivity contribution in [2.45, 2.75) is 26.3 Å². The highest BCUT2D eigenvalue weighted by Gasteiger charge is 2.42. The molecule has 1 aliphatic carbocycles. The van der Waals surface area contributed by atoms with E-state index in [0.717, 1.165) is 0 Å². The lowest BCUT2D eigenvalue weighted by Crippen LogP contribution is -2.36. The zero-order chi connectivity index (χ0) is 14.0. The van der Waals surface area contributed by atoms with Crippen LogP contribution in [0.25, 0.3) is 0 Å². The van der Waals surface area contributed by atoms with Crippen LogP contribution < -0.4 is 0 Å². The molecule has 19 heavy (non-hydrogen) atoms. The number of hydrogen-bond donors (Lipinski definition) is 2. The van der Waals surface area contributed by atoms with Gasteiger partial charge in [-0.25, -0.2) is 4.98 Å². The molecular weight excluding hydrogens is 248 g/mol. The lowest BCUT2D eigenvalue weighted by Gasteiger charge is -2.22. The summed E-state index contributed by atoms with van der Waals surface area (Å²) in [6.07, 6.45) is 2.59. The van der Waals surface area contributed by atoms with E-state index in [9.17, 15) is 14.7 Å². The largest absolute Gasteiger partial charge is 0.481 e. The summed E-state index contributed by atoms with van der Waals surface area (Å²) in [6, 6.07) is 0. The SMILES string of the molecule is CC1CC(C(=O)O)C(C(=O)N(C)Cc2ncn[nH]2)C1. The Morgan fingerprint density at radius 1 is 1.47 bits per heavy atom. The van der Waals surface area contributed by atoms with Gasteiger partial charge in [-0.05, 0) is 18.8 Å². The molecule has 1 saturated carbocycles. The fourth-order valence-electron chi connectivity index (χ4n) is 2.73. The number of H-pyrrole nitrogens is 1. The third kappa shape index (κ3) is 2.91. The van der Waals surface area contributed by atoms with Gasteiger partial charge in [-0.1, -0.05) is 6.92 Å². The standard InChI is InChI=1S/C12H18N4O3/c1-7-3-8(9(4-7)12(18)19)11(17)16(2)5-10-13-6-14-15-10/h6-9H,3-5H2,1-2H3,(H,18,19)(H,13,14,15). The first kappa shape index (κ1) is 13.5. The van der Waals surface area contributed by atoms with Crippen LogP contribution in [0.2, 0.25) is 0 Å². The minimum Gasteiger partial charge on any atom is -0.481 e. The summed E-state index contributed by atoms with van der Waals surface area (Å²) >= 11 is 0. The average molecular weight is 266 g/mol. The number of rotatable bonds is 4. The van der Waals surface area contributed by atoms with Crippen molar-refractivity contribution >= 4 is 11.9 Å². The second-order valence-corrected chi connectivity index (χ2v) is 5.25. The monoisotopic (exact) mass is 266 g/mol. The Morgan fingerprint density at radius 3 is 2.74 bits per heavy atom. The van der Waals surface area contributed by atoms with E-state index in [-0.39, 0.29) is 11.8 Å². The summed E-state index contributed by atoms with van der Waals surface area (Å²) < 4.78 is 0. The Morgan fingerprint density at radius 2 is 2.16 bits per heavy atom. The van der Waals surface area contributed by atoms with Crippen LogP contribution in [0.4, 0.5) is 0 Å². The van der Waals surface area contributed by atoms with Crippen molar-refractivity contribution in [1.82, 2.24) is 20.1 Å². The van der Waals surface area contributed by atoms with Crippen molar-refractivity contribution in [2.75, 3.05) is 7.05 Å². The fraction of sp³-hybridized carbons (Fsp3) is 0.667. The zero-order valence-electron chi connectivity index (χ0n) is 11.0. The predicted octanol–water partition coefficient (Wildman–Crippen LogP) is 0.510. The molecule has 2 rings (SSSR count). The molecular formula is C12H18N4O3. The summed E-state index contributed by atoms with van der Waals surface area (Å²) in [5.74, 6) is -1.15. The molecule has 1 heterocycles. The molecule has 0 saturated heterocycles. The number of nitrogens with one attached hydrogen (secondary N) is 1. The molecule has 0 bridgehead atoms. The second-order valence-electron chi connectivity index (χ2n) is 5.25. The number of nitrogens with zero attached hydrogens (tertiary/aromatic N) is 3. The first-order valence-electron chi connectivity index (χ1n) is 6.31. The van der Waals surface area contributed by atoms with Crippen molar-refractivity contribution in [3.63, 3.8) is 0 Å².